The third-order valence-electron chi connectivity index (χ3n) is 2.60. The molecule has 0 aliphatic heterocycles. The molecule has 1 aromatic rings. The van der Waals surface area contributed by atoms with Gasteiger partial charge in [-0.1, -0.05) is 44.2 Å². The molecule has 0 radical (unpaired) electrons. The monoisotopic (exact) mass is 202 g/mol. The van der Waals surface area contributed by atoms with Gasteiger partial charge in [0.15, 0.2) is 0 Å². The number of nitrogens with one attached hydrogen (secondary N) is 1. The molecule has 0 amide bonds. The van der Waals surface area contributed by atoms with Crippen molar-refractivity contribution in [3.63, 3.8) is 0 Å². The van der Waals surface area contributed by atoms with Crippen molar-refractivity contribution in [3.8, 4) is 6.07 Å². The molecule has 0 saturated carbocycles. The molecule has 1 aromatic carbocycles. The van der Waals surface area contributed by atoms with Gasteiger partial charge >= 0.3 is 0 Å². The fraction of sp³-hybridized carbons (Fsp3) is 0.462. The number of hydrogen-bond donors (Lipinski definition) is 1. The zero-order valence-electron chi connectivity index (χ0n) is 9.62. The van der Waals surface area contributed by atoms with E-state index in [2.05, 4.69) is 37.4 Å². The molecule has 0 fully saturated rings. The minimum Gasteiger partial charge on any atom is -0.301 e. The van der Waals surface area contributed by atoms with Gasteiger partial charge < -0.3 is 5.32 Å². The molecule has 80 valence electrons. The largest absolute Gasteiger partial charge is 0.301 e. The highest BCUT2D eigenvalue weighted by Crippen LogP contribution is 2.21. The average Bonchev–Trinajstić information content (AvgIpc) is 2.27. The van der Waals surface area contributed by atoms with Gasteiger partial charge in [-0.3, -0.25) is 0 Å². The highest BCUT2D eigenvalue weighted by atomic mass is 14.9. The van der Waals surface area contributed by atoms with Crippen molar-refractivity contribution in [1.29, 1.82) is 5.26 Å². The second kappa shape index (κ2) is 4.95. The summed E-state index contributed by atoms with van der Waals surface area (Å²) in [6.07, 6.45) is 0. The molecule has 15 heavy (non-hydrogen) atoms. The quantitative estimate of drug-likeness (QED) is 0.814. The Kier molecular flexibility index (Phi) is 3.88. The summed E-state index contributed by atoms with van der Waals surface area (Å²) in [7, 11) is 0. The van der Waals surface area contributed by atoms with Gasteiger partial charge in [-0.2, -0.15) is 5.26 Å². The van der Waals surface area contributed by atoms with Gasteiger partial charge in [0.25, 0.3) is 0 Å². The second-order valence-corrected chi connectivity index (χ2v) is 4.48. The molecule has 2 nitrogen and oxygen atoms in total. The third-order valence-corrected chi connectivity index (χ3v) is 2.60. The first-order valence-corrected chi connectivity index (χ1v) is 5.25. The van der Waals surface area contributed by atoms with Crippen LogP contribution < -0.4 is 5.32 Å². The van der Waals surface area contributed by atoms with Crippen molar-refractivity contribution in [1.82, 2.24) is 5.32 Å². The van der Waals surface area contributed by atoms with Crippen molar-refractivity contribution < 1.29 is 0 Å². The van der Waals surface area contributed by atoms with Crippen LogP contribution in [0.2, 0.25) is 0 Å². The van der Waals surface area contributed by atoms with Gasteiger partial charge in [0.2, 0.25) is 0 Å². The summed E-state index contributed by atoms with van der Waals surface area (Å²) in [5.74, 6) is 0. The van der Waals surface area contributed by atoms with E-state index >= 15 is 0 Å². The maximum absolute atomic E-state index is 8.69. The molecule has 2 heteroatoms. The predicted octanol–water partition coefficient (Wildman–Crippen LogP) is 2.47. The Hall–Kier alpha value is -1.33. The average molecular weight is 202 g/mol. The molecular weight excluding hydrogens is 184 g/mol. The van der Waals surface area contributed by atoms with Crippen LogP contribution in [-0.4, -0.2) is 12.6 Å². The normalized spacial score (nSPS) is 13.2. The number of nitrogens with zero attached hydrogens (tertiary/aromatic N) is 1. The van der Waals surface area contributed by atoms with E-state index in [-0.39, 0.29) is 11.5 Å². The fourth-order valence-electron chi connectivity index (χ4n) is 1.45. The molecule has 1 atom stereocenters. The minimum absolute atomic E-state index is 0.0619. The van der Waals surface area contributed by atoms with E-state index in [1.807, 2.05) is 25.1 Å². The number of benzene rings is 1. The first-order chi connectivity index (χ1) is 7.06. The molecule has 1 rings (SSSR count). The fourth-order valence-corrected chi connectivity index (χ4v) is 1.45. The zero-order chi connectivity index (χ0) is 11.3. The molecule has 0 bridgehead atoms. The van der Waals surface area contributed by atoms with Crippen LogP contribution in [0, 0.1) is 11.3 Å². The van der Waals surface area contributed by atoms with Crippen LogP contribution >= 0.6 is 0 Å². The Morgan fingerprint density at radius 2 is 1.93 bits per heavy atom. The summed E-state index contributed by atoms with van der Waals surface area (Å²) in [6, 6.07) is 12.4. The van der Waals surface area contributed by atoms with Crippen LogP contribution in [0.5, 0.6) is 0 Å². The Balaban J connectivity index is 2.64. The maximum Gasteiger partial charge on any atom is 0.0924 e. The van der Waals surface area contributed by atoms with Crippen molar-refractivity contribution >= 4 is 0 Å². The summed E-state index contributed by atoms with van der Waals surface area (Å²) >= 11 is 0. The number of rotatable bonds is 4. The first kappa shape index (κ1) is 11.7. The van der Waals surface area contributed by atoms with Crippen LogP contribution in [0.4, 0.5) is 0 Å². The third kappa shape index (κ3) is 3.38. The van der Waals surface area contributed by atoms with Crippen molar-refractivity contribution in [2.24, 2.45) is 0 Å². The summed E-state index contributed by atoms with van der Waals surface area (Å²) in [4.78, 5) is 0. The van der Waals surface area contributed by atoms with Crippen molar-refractivity contribution in [2.45, 2.75) is 32.2 Å². The van der Waals surface area contributed by atoms with E-state index in [1.165, 1.54) is 5.56 Å². The van der Waals surface area contributed by atoms with Crippen LogP contribution in [0.1, 0.15) is 26.3 Å². The second-order valence-electron chi connectivity index (χ2n) is 4.48. The Morgan fingerprint density at radius 1 is 1.33 bits per heavy atom. The van der Waals surface area contributed by atoms with Gasteiger partial charge in [0, 0.05) is 12.0 Å². The van der Waals surface area contributed by atoms with Gasteiger partial charge in [-0.05, 0) is 12.5 Å². The molecule has 0 aliphatic rings. The summed E-state index contributed by atoms with van der Waals surface area (Å²) < 4.78 is 0. The lowest BCUT2D eigenvalue weighted by Gasteiger charge is -2.26. The summed E-state index contributed by atoms with van der Waals surface area (Å²) in [6.45, 7) is 7.05. The van der Waals surface area contributed by atoms with E-state index in [4.69, 9.17) is 5.26 Å². The predicted molar refractivity (Wildman–Crippen MR) is 62.5 cm³/mol. The van der Waals surface area contributed by atoms with E-state index in [9.17, 15) is 0 Å². The maximum atomic E-state index is 8.69. The summed E-state index contributed by atoms with van der Waals surface area (Å²) in [5.41, 5.74) is 1.36. The topological polar surface area (TPSA) is 35.8 Å². The molecule has 1 N–H and O–H groups in total. The smallest absolute Gasteiger partial charge is 0.0924 e. The van der Waals surface area contributed by atoms with E-state index in [0.717, 1.165) is 6.54 Å². The molecule has 1 unspecified atom stereocenters. The highest BCUT2D eigenvalue weighted by Gasteiger charge is 2.20. The van der Waals surface area contributed by atoms with E-state index in [1.54, 1.807) is 0 Å². The van der Waals surface area contributed by atoms with Crippen LogP contribution in [0.15, 0.2) is 30.3 Å². The lowest BCUT2D eigenvalue weighted by Crippen LogP contribution is -2.37. The van der Waals surface area contributed by atoms with Gasteiger partial charge in [-0.15, -0.1) is 0 Å². The molecule has 0 heterocycles. The zero-order valence-corrected chi connectivity index (χ0v) is 9.62. The number of nitriles is 1. The Morgan fingerprint density at radius 3 is 2.47 bits per heavy atom. The standard InChI is InChI=1S/C13H18N2/c1-11(9-14)15-10-13(2,3)12-7-5-4-6-8-12/h4-8,11,15H,10H2,1-3H3. The molecular formula is C13H18N2. The molecule has 0 spiro atoms. The Bertz CT molecular complexity index is 335. The van der Waals surface area contributed by atoms with Gasteiger partial charge in [0.05, 0.1) is 12.1 Å². The Labute approximate surface area is 91.9 Å². The first-order valence-electron chi connectivity index (χ1n) is 5.25. The van der Waals surface area contributed by atoms with E-state index < -0.39 is 0 Å². The molecule has 0 aromatic heterocycles. The van der Waals surface area contributed by atoms with Crippen LogP contribution in [-0.2, 0) is 5.41 Å². The molecule has 0 aliphatic carbocycles. The van der Waals surface area contributed by atoms with Crippen LogP contribution in [0.3, 0.4) is 0 Å². The van der Waals surface area contributed by atoms with Crippen molar-refractivity contribution in [3.05, 3.63) is 35.9 Å². The van der Waals surface area contributed by atoms with E-state index in [0.29, 0.717) is 0 Å². The molecule has 0 saturated heterocycles. The van der Waals surface area contributed by atoms with Crippen molar-refractivity contribution in [2.75, 3.05) is 6.54 Å². The van der Waals surface area contributed by atoms with Gasteiger partial charge in [-0.25, -0.2) is 0 Å². The van der Waals surface area contributed by atoms with Gasteiger partial charge in [0.1, 0.15) is 0 Å². The summed E-state index contributed by atoms with van der Waals surface area (Å²) in [5, 5.41) is 11.9. The van der Waals surface area contributed by atoms with Crippen LogP contribution in [0.25, 0.3) is 0 Å². The minimum atomic E-state index is -0.0898. The highest BCUT2D eigenvalue weighted by molar-refractivity contribution is 5.23. The number of hydrogen-bond acceptors (Lipinski definition) is 2. The lowest BCUT2D eigenvalue weighted by molar-refractivity contribution is 0.457. The lowest BCUT2D eigenvalue weighted by atomic mass is 9.84. The SMILES string of the molecule is CC(C#N)NCC(C)(C)c1ccccc1.